The molecule has 9 heteroatoms. The monoisotopic (exact) mass is 412 g/mol. The minimum atomic E-state index is -3.79. The van der Waals surface area contributed by atoms with Crippen molar-refractivity contribution in [2.45, 2.75) is 37.1 Å². The molecular formula is C19H19F3N2O3S. The Morgan fingerprint density at radius 3 is 2.57 bits per heavy atom. The fraction of sp³-hybridized carbons (Fsp3) is 0.316. The first-order valence-electron chi connectivity index (χ1n) is 8.78. The fourth-order valence-electron chi connectivity index (χ4n) is 3.18. The van der Waals surface area contributed by atoms with E-state index in [-0.39, 0.29) is 16.5 Å². The van der Waals surface area contributed by atoms with Gasteiger partial charge in [0.15, 0.2) is 17.5 Å². The van der Waals surface area contributed by atoms with Crippen molar-refractivity contribution in [1.29, 1.82) is 0 Å². The van der Waals surface area contributed by atoms with Crippen molar-refractivity contribution >= 4 is 21.6 Å². The van der Waals surface area contributed by atoms with Crippen LogP contribution in [0.3, 0.4) is 0 Å². The minimum Gasteiger partial charge on any atom is -0.319 e. The Hall–Kier alpha value is -2.39. The van der Waals surface area contributed by atoms with Gasteiger partial charge in [-0.1, -0.05) is 12.5 Å². The quantitative estimate of drug-likeness (QED) is 0.774. The first-order valence-corrected chi connectivity index (χ1v) is 10.2. The first kappa shape index (κ1) is 20.3. The van der Waals surface area contributed by atoms with Gasteiger partial charge in [-0.3, -0.25) is 4.79 Å². The Balaban J connectivity index is 1.87. The molecule has 0 saturated carbocycles. The van der Waals surface area contributed by atoms with Crippen molar-refractivity contribution in [3.8, 4) is 0 Å². The highest BCUT2D eigenvalue weighted by atomic mass is 32.2. The lowest BCUT2D eigenvalue weighted by Crippen LogP contribution is -2.41. The summed E-state index contributed by atoms with van der Waals surface area (Å²) in [5.74, 6) is -5.44. The molecule has 0 bridgehead atoms. The summed E-state index contributed by atoms with van der Waals surface area (Å²) < 4.78 is 67.3. The van der Waals surface area contributed by atoms with Crippen LogP contribution in [0.5, 0.6) is 0 Å². The molecule has 28 heavy (non-hydrogen) atoms. The Bertz CT molecular complexity index is 1010. The summed E-state index contributed by atoms with van der Waals surface area (Å²) in [6.45, 7) is 2.24. The Morgan fingerprint density at radius 1 is 1.11 bits per heavy atom. The van der Waals surface area contributed by atoms with E-state index in [9.17, 15) is 26.4 Å². The van der Waals surface area contributed by atoms with Gasteiger partial charge < -0.3 is 5.32 Å². The summed E-state index contributed by atoms with van der Waals surface area (Å²) in [4.78, 5) is 12.3. The van der Waals surface area contributed by atoms with E-state index in [1.165, 1.54) is 28.6 Å². The highest BCUT2D eigenvalue weighted by molar-refractivity contribution is 7.89. The Labute approximate surface area is 161 Å². The van der Waals surface area contributed by atoms with Crippen LogP contribution in [0.4, 0.5) is 18.9 Å². The van der Waals surface area contributed by atoms with E-state index in [1.807, 2.05) is 6.92 Å². The van der Waals surface area contributed by atoms with E-state index >= 15 is 0 Å². The van der Waals surface area contributed by atoms with Crippen LogP contribution < -0.4 is 5.32 Å². The number of amides is 1. The van der Waals surface area contributed by atoms with Crippen molar-refractivity contribution in [1.82, 2.24) is 4.31 Å². The summed E-state index contributed by atoms with van der Waals surface area (Å²) in [7, 11) is -3.79. The standard InChI is InChI=1S/C19H19F3N2O3S/c1-12-5-2-3-10-24(12)28(26,27)14-7-4-6-13(11-14)19(25)23-16-9-8-15(20)17(21)18(16)22/h4,6-9,11-12H,2-3,5,10H2,1H3,(H,23,25). The second-order valence-electron chi connectivity index (χ2n) is 6.67. The molecular weight excluding hydrogens is 393 g/mol. The molecule has 1 saturated heterocycles. The second-order valence-corrected chi connectivity index (χ2v) is 8.56. The van der Waals surface area contributed by atoms with Crippen LogP contribution in [0.15, 0.2) is 41.3 Å². The molecule has 2 aromatic rings. The van der Waals surface area contributed by atoms with Gasteiger partial charge in [0.2, 0.25) is 10.0 Å². The number of sulfonamides is 1. The van der Waals surface area contributed by atoms with Crippen LogP contribution in [-0.2, 0) is 10.0 Å². The van der Waals surface area contributed by atoms with Crippen LogP contribution in [0.25, 0.3) is 0 Å². The van der Waals surface area contributed by atoms with Gasteiger partial charge in [0.05, 0.1) is 10.6 Å². The molecule has 3 rings (SSSR count). The van der Waals surface area contributed by atoms with E-state index in [4.69, 9.17) is 0 Å². The van der Waals surface area contributed by atoms with Gasteiger partial charge in [0.25, 0.3) is 5.91 Å². The number of anilines is 1. The van der Waals surface area contributed by atoms with Crippen LogP contribution >= 0.6 is 0 Å². The molecule has 0 spiro atoms. The zero-order valence-corrected chi connectivity index (χ0v) is 15.9. The number of nitrogens with zero attached hydrogens (tertiary/aromatic N) is 1. The fourth-order valence-corrected chi connectivity index (χ4v) is 4.92. The summed E-state index contributed by atoms with van der Waals surface area (Å²) in [5.41, 5.74) is -0.586. The molecule has 1 atom stereocenters. The molecule has 1 heterocycles. The van der Waals surface area contributed by atoms with Gasteiger partial charge in [0.1, 0.15) is 0 Å². The molecule has 150 valence electrons. The van der Waals surface area contributed by atoms with Crippen molar-refractivity contribution in [3.63, 3.8) is 0 Å². The van der Waals surface area contributed by atoms with E-state index < -0.39 is 39.1 Å². The summed E-state index contributed by atoms with van der Waals surface area (Å²) in [6.07, 6.45) is 2.48. The summed E-state index contributed by atoms with van der Waals surface area (Å²) in [6, 6.07) is 6.75. The third-order valence-electron chi connectivity index (χ3n) is 4.73. The van der Waals surface area contributed by atoms with Gasteiger partial charge in [-0.05, 0) is 50.1 Å². The molecule has 1 fully saturated rings. The van der Waals surface area contributed by atoms with Gasteiger partial charge >= 0.3 is 0 Å². The van der Waals surface area contributed by atoms with Crippen molar-refractivity contribution in [2.75, 3.05) is 11.9 Å². The SMILES string of the molecule is CC1CCCCN1S(=O)(=O)c1cccc(C(=O)Nc2ccc(F)c(F)c2F)c1. The van der Waals surface area contributed by atoms with Crippen LogP contribution in [0.1, 0.15) is 36.5 Å². The lowest BCUT2D eigenvalue weighted by atomic mass is 10.1. The number of halogens is 3. The number of nitrogens with one attached hydrogen (secondary N) is 1. The average Bonchev–Trinajstić information content (AvgIpc) is 2.68. The van der Waals surface area contributed by atoms with Crippen LogP contribution in [0, 0.1) is 17.5 Å². The molecule has 1 aliphatic heterocycles. The van der Waals surface area contributed by atoms with Crippen molar-refractivity contribution < 1.29 is 26.4 Å². The number of piperidine rings is 1. The lowest BCUT2D eigenvalue weighted by Gasteiger charge is -2.32. The third-order valence-corrected chi connectivity index (χ3v) is 6.74. The molecule has 1 amide bonds. The topological polar surface area (TPSA) is 66.5 Å². The predicted molar refractivity (Wildman–Crippen MR) is 97.9 cm³/mol. The number of benzene rings is 2. The molecule has 5 nitrogen and oxygen atoms in total. The average molecular weight is 412 g/mol. The predicted octanol–water partition coefficient (Wildman–Crippen LogP) is 3.92. The van der Waals surface area contributed by atoms with Gasteiger partial charge in [-0.2, -0.15) is 4.31 Å². The van der Waals surface area contributed by atoms with Crippen molar-refractivity contribution in [2.24, 2.45) is 0 Å². The van der Waals surface area contributed by atoms with Crippen LogP contribution in [0.2, 0.25) is 0 Å². The maximum absolute atomic E-state index is 13.8. The number of hydrogen-bond acceptors (Lipinski definition) is 3. The zero-order valence-electron chi connectivity index (χ0n) is 15.1. The first-order chi connectivity index (χ1) is 13.2. The van der Waals surface area contributed by atoms with E-state index in [0.29, 0.717) is 12.6 Å². The number of carbonyl (C=O) groups is 1. The summed E-state index contributed by atoms with van der Waals surface area (Å²) in [5, 5.41) is 2.13. The minimum absolute atomic E-state index is 0.0464. The van der Waals surface area contributed by atoms with E-state index in [1.54, 1.807) is 0 Å². The number of carbonyl (C=O) groups excluding carboxylic acids is 1. The van der Waals surface area contributed by atoms with Gasteiger partial charge in [-0.25, -0.2) is 21.6 Å². The maximum Gasteiger partial charge on any atom is 0.255 e. The maximum atomic E-state index is 13.8. The molecule has 0 aromatic heterocycles. The highest BCUT2D eigenvalue weighted by Crippen LogP contribution is 2.26. The second kappa shape index (κ2) is 7.92. The largest absolute Gasteiger partial charge is 0.319 e. The molecule has 0 radical (unpaired) electrons. The zero-order chi connectivity index (χ0) is 20.5. The molecule has 1 unspecified atom stereocenters. The number of rotatable bonds is 4. The number of hydrogen-bond donors (Lipinski definition) is 1. The van der Waals surface area contributed by atoms with Gasteiger partial charge in [0, 0.05) is 18.2 Å². The highest BCUT2D eigenvalue weighted by Gasteiger charge is 2.31. The van der Waals surface area contributed by atoms with Gasteiger partial charge in [-0.15, -0.1) is 0 Å². The summed E-state index contributed by atoms with van der Waals surface area (Å²) >= 11 is 0. The van der Waals surface area contributed by atoms with Crippen LogP contribution in [-0.4, -0.2) is 31.2 Å². The molecule has 1 aliphatic rings. The lowest BCUT2D eigenvalue weighted by molar-refractivity contribution is 0.102. The molecule has 2 aromatic carbocycles. The molecule has 0 aliphatic carbocycles. The Kier molecular flexibility index (Phi) is 5.76. The molecule has 1 N–H and O–H groups in total. The normalized spacial score (nSPS) is 18.1. The van der Waals surface area contributed by atoms with E-state index in [0.717, 1.165) is 25.3 Å². The van der Waals surface area contributed by atoms with E-state index in [2.05, 4.69) is 5.32 Å². The smallest absolute Gasteiger partial charge is 0.255 e. The van der Waals surface area contributed by atoms with Crippen molar-refractivity contribution in [3.05, 3.63) is 59.4 Å². The Morgan fingerprint density at radius 2 is 1.86 bits per heavy atom. The third kappa shape index (κ3) is 3.90.